The summed E-state index contributed by atoms with van der Waals surface area (Å²) in [5.74, 6) is -1.10. The zero-order chi connectivity index (χ0) is 17.4. The Morgan fingerprint density at radius 3 is 2.57 bits per heavy atom. The van der Waals surface area contributed by atoms with Gasteiger partial charge in [-0.25, -0.2) is 4.79 Å². The highest BCUT2D eigenvalue weighted by Crippen LogP contribution is 2.12. The molecule has 1 rings (SSSR count). The fraction of sp³-hybridized carbons (Fsp3) is 0.471. The molecule has 124 valence electrons. The summed E-state index contributed by atoms with van der Waals surface area (Å²) in [5, 5.41) is 21.4. The van der Waals surface area contributed by atoms with Gasteiger partial charge in [0.25, 0.3) is 0 Å². The molecule has 0 spiro atoms. The quantitative estimate of drug-likeness (QED) is 0.735. The van der Waals surface area contributed by atoms with E-state index in [1.165, 1.54) is 7.11 Å². The van der Waals surface area contributed by atoms with E-state index < -0.39 is 24.0 Å². The zero-order valence-corrected chi connectivity index (χ0v) is 13.6. The number of carbonyl (C=O) groups is 2. The van der Waals surface area contributed by atoms with E-state index in [4.69, 9.17) is 10.00 Å². The Hall–Kier alpha value is -2.39. The van der Waals surface area contributed by atoms with Gasteiger partial charge in [0.1, 0.15) is 12.1 Å². The number of esters is 1. The number of nitriles is 1. The lowest BCUT2D eigenvalue weighted by atomic mass is 10.00. The molecule has 0 fully saturated rings. The number of rotatable bonds is 7. The number of benzene rings is 1. The van der Waals surface area contributed by atoms with Gasteiger partial charge in [-0.3, -0.25) is 4.79 Å². The molecule has 0 aromatic heterocycles. The van der Waals surface area contributed by atoms with Crippen LogP contribution in [0.3, 0.4) is 0 Å². The maximum Gasteiger partial charge on any atom is 0.328 e. The Labute approximate surface area is 136 Å². The molecule has 1 aromatic carbocycles. The molecule has 0 unspecified atom stereocenters. The minimum Gasteiger partial charge on any atom is -0.467 e. The molecule has 2 N–H and O–H groups in total. The van der Waals surface area contributed by atoms with Crippen molar-refractivity contribution in [3.05, 3.63) is 35.4 Å². The van der Waals surface area contributed by atoms with Crippen LogP contribution in [0, 0.1) is 17.2 Å². The minimum atomic E-state index is -1.19. The Bertz CT molecular complexity index is 593. The van der Waals surface area contributed by atoms with E-state index in [1.807, 2.05) is 19.9 Å². The van der Waals surface area contributed by atoms with Crippen LogP contribution < -0.4 is 5.32 Å². The lowest BCUT2D eigenvalue weighted by Crippen LogP contribution is -2.47. The molecular formula is C17H22N2O4. The van der Waals surface area contributed by atoms with Crippen molar-refractivity contribution in [3.8, 4) is 6.07 Å². The highest BCUT2D eigenvalue weighted by molar-refractivity contribution is 5.87. The second kappa shape index (κ2) is 8.91. The lowest BCUT2D eigenvalue weighted by molar-refractivity contribution is -0.146. The third-order valence-corrected chi connectivity index (χ3v) is 3.36. The monoisotopic (exact) mass is 318 g/mol. The van der Waals surface area contributed by atoms with Gasteiger partial charge in [0, 0.05) is 6.42 Å². The van der Waals surface area contributed by atoms with Gasteiger partial charge in [-0.15, -0.1) is 0 Å². The standard InChI is InChI=1S/C17H22N2O4/c1-11(2)8-15(20)16(21)19-14(17(22)23-3)9-12-6-4-5-7-13(12)10-18/h4-7,11,14-15,20H,8-9H2,1-3H3,(H,19,21)/t14-,15+/m0/s1. The van der Waals surface area contributed by atoms with Gasteiger partial charge < -0.3 is 15.2 Å². The molecule has 0 heterocycles. The molecule has 0 radical (unpaired) electrons. The number of aliphatic hydroxyl groups excluding tert-OH is 1. The Kier molecular flexibility index (Phi) is 7.23. The first-order valence-electron chi connectivity index (χ1n) is 7.43. The number of nitrogens with one attached hydrogen (secondary N) is 1. The number of hydrogen-bond donors (Lipinski definition) is 2. The molecule has 6 heteroatoms. The normalized spacial score (nSPS) is 13.0. The molecule has 1 amide bonds. The van der Waals surface area contributed by atoms with Gasteiger partial charge in [-0.2, -0.15) is 5.26 Å². The van der Waals surface area contributed by atoms with Crippen molar-refractivity contribution < 1.29 is 19.4 Å². The highest BCUT2D eigenvalue weighted by Gasteiger charge is 2.26. The third-order valence-electron chi connectivity index (χ3n) is 3.36. The topological polar surface area (TPSA) is 99.4 Å². The first kappa shape index (κ1) is 18.7. The van der Waals surface area contributed by atoms with Gasteiger partial charge in [0.15, 0.2) is 0 Å². The second-order valence-corrected chi connectivity index (χ2v) is 5.70. The summed E-state index contributed by atoms with van der Waals surface area (Å²) in [6.07, 6.45) is -0.765. The van der Waals surface area contributed by atoms with E-state index in [-0.39, 0.29) is 12.3 Å². The van der Waals surface area contributed by atoms with Gasteiger partial charge in [-0.05, 0) is 24.0 Å². The van der Waals surface area contributed by atoms with Crippen LogP contribution in [-0.4, -0.2) is 36.2 Å². The van der Waals surface area contributed by atoms with Crippen molar-refractivity contribution in [2.24, 2.45) is 5.92 Å². The van der Waals surface area contributed by atoms with E-state index in [2.05, 4.69) is 5.32 Å². The molecule has 23 heavy (non-hydrogen) atoms. The van der Waals surface area contributed by atoms with Crippen LogP contribution in [0.1, 0.15) is 31.4 Å². The second-order valence-electron chi connectivity index (χ2n) is 5.70. The van der Waals surface area contributed by atoms with Crippen LogP contribution in [0.2, 0.25) is 0 Å². The van der Waals surface area contributed by atoms with Crippen molar-refractivity contribution in [2.45, 2.75) is 38.8 Å². The molecule has 0 aliphatic rings. The predicted molar refractivity (Wildman–Crippen MR) is 84.3 cm³/mol. The maximum atomic E-state index is 12.0. The van der Waals surface area contributed by atoms with Crippen LogP contribution in [0.4, 0.5) is 0 Å². The van der Waals surface area contributed by atoms with Crippen LogP contribution in [0.5, 0.6) is 0 Å². The summed E-state index contributed by atoms with van der Waals surface area (Å²) < 4.78 is 4.70. The zero-order valence-electron chi connectivity index (χ0n) is 13.6. The van der Waals surface area contributed by atoms with Gasteiger partial charge >= 0.3 is 5.97 Å². The predicted octanol–water partition coefficient (Wildman–Crippen LogP) is 1.17. The van der Waals surface area contributed by atoms with Crippen molar-refractivity contribution >= 4 is 11.9 Å². The smallest absolute Gasteiger partial charge is 0.328 e. The minimum absolute atomic E-state index is 0.122. The molecule has 6 nitrogen and oxygen atoms in total. The van der Waals surface area contributed by atoms with Crippen LogP contribution in [0.25, 0.3) is 0 Å². The van der Waals surface area contributed by atoms with E-state index >= 15 is 0 Å². The summed E-state index contributed by atoms with van der Waals surface area (Å²) in [6.45, 7) is 3.77. The summed E-state index contributed by atoms with van der Waals surface area (Å²) >= 11 is 0. The van der Waals surface area contributed by atoms with Gasteiger partial charge in [0.2, 0.25) is 5.91 Å². The van der Waals surface area contributed by atoms with Gasteiger partial charge in [0.05, 0.1) is 18.7 Å². The Morgan fingerprint density at radius 1 is 1.35 bits per heavy atom. The first-order chi connectivity index (χ1) is 10.9. The molecule has 0 saturated heterocycles. The SMILES string of the molecule is COC(=O)[C@H](Cc1ccccc1C#N)NC(=O)[C@H](O)CC(C)C. The number of ether oxygens (including phenoxy) is 1. The van der Waals surface area contributed by atoms with Gasteiger partial charge in [-0.1, -0.05) is 32.0 Å². The number of amides is 1. The van der Waals surface area contributed by atoms with E-state index in [0.29, 0.717) is 17.5 Å². The van der Waals surface area contributed by atoms with E-state index in [1.54, 1.807) is 24.3 Å². The summed E-state index contributed by atoms with van der Waals surface area (Å²) in [6, 6.07) is 7.91. The van der Waals surface area contributed by atoms with Crippen LogP contribution in [0.15, 0.2) is 24.3 Å². The Balaban J connectivity index is 2.87. The lowest BCUT2D eigenvalue weighted by Gasteiger charge is -2.20. The Morgan fingerprint density at radius 2 is 2.00 bits per heavy atom. The molecular weight excluding hydrogens is 296 g/mol. The highest BCUT2D eigenvalue weighted by atomic mass is 16.5. The van der Waals surface area contributed by atoms with Crippen LogP contribution >= 0.6 is 0 Å². The molecule has 0 saturated carbocycles. The van der Waals surface area contributed by atoms with Crippen molar-refractivity contribution in [3.63, 3.8) is 0 Å². The summed E-state index contributed by atoms with van der Waals surface area (Å²) in [5.41, 5.74) is 1.06. The number of hydrogen-bond acceptors (Lipinski definition) is 5. The number of nitrogens with zero attached hydrogens (tertiary/aromatic N) is 1. The van der Waals surface area contributed by atoms with Crippen molar-refractivity contribution in [2.75, 3.05) is 7.11 Å². The maximum absolute atomic E-state index is 12.0. The summed E-state index contributed by atoms with van der Waals surface area (Å²) in [7, 11) is 1.22. The van der Waals surface area contributed by atoms with Crippen molar-refractivity contribution in [1.82, 2.24) is 5.32 Å². The number of aliphatic hydroxyl groups is 1. The van der Waals surface area contributed by atoms with Crippen molar-refractivity contribution in [1.29, 1.82) is 5.26 Å². The average Bonchev–Trinajstić information content (AvgIpc) is 2.53. The third kappa shape index (κ3) is 5.72. The first-order valence-corrected chi connectivity index (χ1v) is 7.43. The van der Waals surface area contributed by atoms with Crippen LogP contribution in [-0.2, 0) is 20.7 Å². The fourth-order valence-electron chi connectivity index (χ4n) is 2.18. The largest absolute Gasteiger partial charge is 0.467 e. The summed E-state index contributed by atoms with van der Waals surface area (Å²) in [4.78, 5) is 23.9. The average molecular weight is 318 g/mol. The molecule has 2 atom stereocenters. The van der Waals surface area contributed by atoms with E-state index in [9.17, 15) is 14.7 Å². The molecule has 0 bridgehead atoms. The number of methoxy groups -OCH3 is 1. The molecule has 0 aliphatic carbocycles. The van der Waals surface area contributed by atoms with E-state index in [0.717, 1.165) is 0 Å². The molecule has 0 aliphatic heterocycles. The number of carbonyl (C=O) groups excluding carboxylic acids is 2. The molecule has 1 aromatic rings. The fourth-order valence-corrected chi connectivity index (χ4v) is 2.18.